The van der Waals surface area contributed by atoms with E-state index < -0.39 is 17.8 Å². The van der Waals surface area contributed by atoms with Crippen molar-refractivity contribution in [3.63, 3.8) is 0 Å². The number of ether oxygens (including phenoxy) is 2. The van der Waals surface area contributed by atoms with Crippen LogP contribution in [0.25, 0.3) is 0 Å². The number of carbonyl (C=O) groups excluding carboxylic acids is 2. The van der Waals surface area contributed by atoms with Gasteiger partial charge in [0.15, 0.2) is 0 Å². The Morgan fingerprint density at radius 1 is 1.00 bits per heavy atom. The van der Waals surface area contributed by atoms with Crippen LogP contribution in [-0.2, 0) is 16.1 Å². The summed E-state index contributed by atoms with van der Waals surface area (Å²) in [5, 5.41) is 5.51. The summed E-state index contributed by atoms with van der Waals surface area (Å²) in [6, 6.07) is 9.14. The Labute approximate surface area is 150 Å². The number of nitrogens with one attached hydrogen (secondary N) is 2. The number of hydrogen-bond donors (Lipinski definition) is 2. The Bertz CT molecular complexity index is 559. The molecule has 1 rings (SSSR count). The molecule has 1 atom stereocenters. The van der Waals surface area contributed by atoms with Crippen molar-refractivity contribution in [2.75, 3.05) is 6.54 Å². The van der Waals surface area contributed by atoms with Gasteiger partial charge in [0.2, 0.25) is 0 Å². The average Bonchev–Trinajstić information content (AvgIpc) is 2.47. The molecular weight excluding hydrogens is 320 g/mol. The van der Waals surface area contributed by atoms with Gasteiger partial charge in [0, 0.05) is 6.54 Å². The van der Waals surface area contributed by atoms with Gasteiger partial charge in [-0.15, -0.1) is 0 Å². The summed E-state index contributed by atoms with van der Waals surface area (Å²) in [7, 11) is 0. The minimum absolute atomic E-state index is 0.201. The van der Waals surface area contributed by atoms with Crippen LogP contribution in [0.3, 0.4) is 0 Å². The smallest absolute Gasteiger partial charge is 0.407 e. The summed E-state index contributed by atoms with van der Waals surface area (Å²) < 4.78 is 10.5. The minimum Gasteiger partial charge on any atom is -0.445 e. The van der Waals surface area contributed by atoms with E-state index in [1.807, 2.05) is 51.1 Å². The molecule has 6 heteroatoms. The number of rotatable bonds is 5. The van der Waals surface area contributed by atoms with Gasteiger partial charge in [-0.1, -0.05) is 51.1 Å². The van der Waals surface area contributed by atoms with Gasteiger partial charge in [0.05, 0.1) is 6.04 Å². The zero-order valence-electron chi connectivity index (χ0n) is 16.0. The summed E-state index contributed by atoms with van der Waals surface area (Å²) in [5.41, 5.74) is 0.0787. The van der Waals surface area contributed by atoms with Crippen molar-refractivity contribution in [2.24, 2.45) is 5.41 Å². The second kappa shape index (κ2) is 8.74. The molecule has 1 aromatic rings. The molecule has 1 aromatic carbocycles. The van der Waals surface area contributed by atoms with E-state index in [1.54, 1.807) is 20.8 Å². The van der Waals surface area contributed by atoms with Gasteiger partial charge in [-0.25, -0.2) is 9.59 Å². The van der Waals surface area contributed by atoms with Crippen LogP contribution in [0, 0.1) is 5.41 Å². The first-order chi connectivity index (χ1) is 11.5. The normalized spacial score (nSPS) is 12.9. The third-order valence-corrected chi connectivity index (χ3v) is 3.40. The lowest BCUT2D eigenvalue weighted by Crippen LogP contribution is -2.51. The Morgan fingerprint density at radius 3 is 2.12 bits per heavy atom. The molecule has 6 nitrogen and oxygen atoms in total. The van der Waals surface area contributed by atoms with Crippen molar-refractivity contribution in [3.8, 4) is 0 Å². The largest absolute Gasteiger partial charge is 0.445 e. The lowest BCUT2D eigenvalue weighted by molar-refractivity contribution is 0.0461. The maximum atomic E-state index is 12.0. The van der Waals surface area contributed by atoms with Gasteiger partial charge >= 0.3 is 12.2 Å². The summed E-state index contributed by atoms with van der Waals surface area (Å²) in [5.74, 6) is 0. The molecule has 1 unspecified atom stereocenters. The van der Waals surface area contributed by atoms with Gasteiger partial charge in [-0.2, -0.15) is 0 Å². The topological polar surface area (TPSA) is 76.7 Å². The Kier molecular flexibility index (Phi) is 7.27. The van der Waals surface area contributed by atoms with Crippen LogP contribution < -0.4 is 10.6 Å². The van der Waals surface area contributed by atoms with E-state index in [0.29, 0.717) is 0 Å². The molecular formula is C19H30N2O4. The van der Waals surface area contributed by atoms with E-state index in [4.69, 9.17) is 9.47 Å². The fourth-order valence-electron chi connectivity index (χ4n) is 1.98. The molecule has 2 N–H and O–H groups in total. The first-order valence-electron chi connectivity index (χ1n) is 8.41. The zero-order chi connectivity index (χ0) is 19.1. The first kappa shape index (κ1) is 20.8. The highest BCUT2D eigenvalue weighted by atomic mass is 16.6. The maximum Gasteiger partial charge on any atom is 0.407 e. The summed E-state index contributed by atoms with van der Waals surface area (Å²) >= 11 is 0. The number of hydrogen-bond acceptors (Lipinski definition) is 4. The quantitative estimate of drug-likeness (QED) is 0.845. The Hall–Kier alpha value is -2.24. The van der Waals surface area contributed by atoms with Crippen LogP contribution in [0.2, 0.25) is 0 Å². The fraction of sp³-hybridized carbons (Fsp3) is 0.579. The monoisotopic (exact) mass is 350 g/mol. The van der Waals surface area contributed by atoms with Crippen molar-refractivity contribution >= 4 is 12.2 Å². The van der Waals surface area contributed by atoms with Crippen LogP contribution in [0.5, 0.6) is 0 Å². The van der Waals surface area contributed by atoms with Gasteiger partial charge in [-0.05, 0) is 31.7 Å². The third-order valence-electron chi connectivity index (χ3n) is 3.40. The van der Waals surface area contributed by atoms with Crippen molar-refractivity contribution < 1.29 is 19.1 Å². The molecule has 0 aliphatic heterocycles. The van der Waals surface area contributed by atoms with E-state index in [0.717, 1.165) is 5.56 Å². The van der Waals surface area contributed by atoms with Crippen molar-refractivity contribution in [2.45, 2.75) is 59.8 Å². The molecule has 0 aromatic heterocycles. The van der Waals surface area contributed by atoms with Crippen molar-refractivity contribution in [3.05, 3.63) is 35.9 Å². The first-order valence-corrected chi connectivity index (χ1v) is 8.41. The maximum absolute atomic E-state index is 12.0. The molecule has 0 bridgehead atoms. The van der Waals surface area contributed by atoms with Gasteiger partial charge in [-0.3, -0.25) is 0 Å². The van der Waals surface area contributed by atoms with Crippen LogP contribution >= 0.6 is 0 Å². The number of benzene rings is 1. The molecule has 0 radical (unpaired) electrons. The standard InChI is InChI=1S/C19H30N2O4/c1-18(2,3)15(21-17(23)25-19(4,5)6)12-20-16(22)24-13-14-10-8-7-9-11-14/h7-11,15H,12-13H2,1-6H3,(H,20,22)(H,21,23). The average molecular weight is 350 g/mol. The Morgan fingerprint density at radius 2 is 1.60 bits per heavy atom. The zero-order valence-corrected chi connectivity index (χ0v) is 16.0. The van der Waals surface area contributed by atoms with Crippen LogP contribution in [-0.4, -0.2) is 30.4 Å². The van der Waals surface area contributed by atoms with Gasteiger partial charge < -0.3 is 20.1 Å². The third kappa shape index (κ3) is 8.98. The molecule has 0 saturated heterocycles. The van der Waals surface area contributed by atoms with E-state index in [-0.39, 0.29) is 24.6 Å². The highest BCUT2D eigenvalue weighted by molar-refractivity contribution is 5.69. The second-order valence-corrected chi connectivity index (χ2v) is 8.01. The summed E-state index contributed by atoms with van der Waals surface area (Å²) in [6.07, 6.45) is -1.03. The molecule has 0 spiro atoms. The molecule has 0 aliphatic rings. The lowest BCUT2D eigenvalue weighted by Gasteiger charge is -2.32. The van der Waals surface area contributed by atoms with Crippen molar-refractivity contribution in [1.82, 2.24) is 10.6 Å². The predicted molar refractivity (Wildman–Crippen MR) is 97.2 cm³/mol. The van der Waals surface area contributed by atoms with Gasteiger partial charge in [0.25, 0.3) is 0 Å². The second-order valence-electron chi connectivity index (χ2n) is 8.01. The SMILES string of the molecule is CC(C)(C)OC(=O)NC(CNC(=O)OCc1ccccc1)C(C)(C)C. The predicted octanol–water partition coefficient (Wildman–Crippen LogP) is 3.85. The minimum atomic E-state index is -0.575. The molecule has 0 fully saturated rings. The molecule has 0 saturated carbocycles. The molecule has 140 valence electrons. The fourth-order valence-corrected chi connectivity index (χ4v) is 1.98. The summed E-state index contributed by atoms with van der Waals surface area (Å²) in [6.45, 7) is 11.8. The van der Waals surface area contributed by atoms with Crippen LogP contribution in [0.4, 0.5) is 9.59 Å². The highest BCUT2D eigenvalue weighted by Gasteiger charge is 2.28. The number of alkyl carbamates (subject to hydrolysis) is 2. The van der Waals surface area contributed by atoms with Crippen molar-refractivity contribution in [1.29, 1.82) is 0 Å². The van der Waals surface area contributed by atoms with Crippen LogP contribution in [0.15, 0.2) is 30.3 Å². The molecule has 25 heavy (non-hydrogen) atoms. The summed E-state index contributed by atoms with van der Waals surface area (Å²) in [4.78, 5) is 23.9. The van der Waals surface area contributed by atoms with Crippen LogP contribution in [0.1, 0.15) is 47.1 Å². The molecule has 2 amide bonds. The highest BCUT2D eigenvalue weighted by Crippen LogP contribution is 2.19. The van der Waals surface area contributed by atoms with Gasteiger partial charge in [0.1, 0.15) is 12.2 Å². The number of carbonyl (C=O) groups is 2. The number of amides is 2. The molecule has 0 aliphatic carbocycles. The van der Waals surface area contributed by atoms with E-state index in [1.165, 1.54) is 0 Å². The Balaban J connectivity index is 2.50. The van der Waals surface area contributed by atoms with E-state index in [2.05, 4.69) is 10.6 Å². The van der Waals surface area contributed by atoms with E-state index in [9.17, 15) is 9.59 Å². The lowest BCUT2D eigenvalue weighted by atomic mass is 9.87. The molecule has 0 heterocycles. The van der Waals surface area contributed by atoms with E-state index >= 15 is 0 Å².